The van der Waals surface area contributed by atoms with Gasteiger partial charge in [-0.05, 0) is 19.8 Å². The summed E-state index contributed by atoms with van der Waals surface area (Å²) < 4.78 is 7.70. The highest BCUT2D eigenvalue weighted by atomic mass is 32.1. The van der Waals surface area contributed by atoms with Crippen LogP contribution < -0.4 is 5.73 Å². The van der Waals surface area contributed by atoms with Gasteiger partial charge in [-0.15, -0.1) is 0 Å². The third kappa shape index (κ3) is 1.61. The zero-order chi connectivity index (χ0) is 9.47. The summed E-state index contributed by atoms with van der Waals surface area (Å²) in [5.74, 6) is 0. The molecule has 2 N–H and O–H groups in total. The van der Waals surface area contributed by atoms with Crippen molar-refractivity contribution in [2.24, 2.45) is 11.1 Å². The zero-order valence-corrected chi connectivity index (χ0v) is 8.96. The Hall–Kier alpha value is 0.230. The van der Waals surface area contributed by atoms with Gasteiger partial charge in [0.25, 0.3) is 0 Å². The van der Waals surface area contributed by atoms with E-state index < -0.39 is 0 Å². The Kier molecular flexibility index (Phi) is 2.57. The predicted octanol–water partition coefficient (Wildman–Crippen LogP) is 0.659. The molecule has 2 rings (SSSR count). The molecule has 13 heavy (non-hydrogen) atoms. The van der Waals surface area contributed by atoms with Crippen molar-refractivity contribution in [3.63, 3.8) is 0 Å². The summed E-state index contributed by atoms with van der Waals surface area (Å²) in [5, 5.41) is 0. The maximum Gasteiger partial charge on any atom is 0.0704 e. The lowest BCUT2D eigenvalue weighted by Gasteiger charge is -2.39. The van der Waals surface area contributed by atoms with Crippen molar-refractivity contribution in [2.45, 2.75) is 31.9 Å². The molecule has 0 aromatic rings. The maximum atomic E-state index is 6.16. The number of hydrogen-bond donors (Lipinski definition) is 2. The Morgan fingerprint density at radius 3 is 2.54 bits per heavy atom. The number of thiol groups is 1. The fraction of sp³-hybridized carbons (Fsp3) is 1.00. The van der Waals surface area contributed by atoms with Gasteiger partial charge in [0.15, 0.2) is 0 Å². The molecule has 0 amide bonds. The molecule has 0 unspecified atom stereocenters. The van der Waals surface area contributed by atoms with Crippen LogP contribution in [-0.2, 0) is 4.74 Å². The molecule has 76 valence electrons. The van der Waals surface area contributed by atoms with Crippen LogP contribution in [0.3, 0.4) is 0 Å². The van der Waals surface area contributed by atoms with Crippen molar-refractivity contribution in [3.8, 4) is 0 Å². The molecular formula is C9H18N2OS. The first-order valence-electron chi connectivity index (χ1n) is 4.95. The lowest BCUT2D eigenvalue weighted by molar-refractivity contribution is 0.0875. The Morgan fingerprint density at radius 2 is 2.08 bits per heavy atom. The second-order valence-electron chi connectivity index (χ2n) is 4.36. The predicted molar refractivity (Wildman–Crippen MR) is 55.6 cm³/mol. The van der Waals surface area contributed by atoms with Crippen LogP contribution in [0.2, 0.25) is 0 Å². The second-order valence-corrected chi connectivity index (χ2v) is 4.92. The van der Waals surface area contributed by atoms with Gasteiger partial charge in [-0.1, -0.05) is 12.8 Å². The van der Waals surface area contributed by atoms with E-state index in [-0.39, 0.29) is 17.6 Å². The minimum atomic E-state index is 0.217. The van der Waals surface area contributed by atoms with Gasteiger partial charge < -0.3 is 10.5 Å². The molecule has 2 heterocycles. The minimum absolute atomic E-state index is 0.217. The van der Waals surface area contributed by atoms with Crippen LogP contribution >= 0.6 is 12.8 Å². The van der Waals surface area contributed by atoms with E-state index in [4.69, 9.17) is 10.5 Å². The lowest BCUT2D eigenvalue weighted by atomic mass is 9.74. The molecule has 0 radical (unpaired) electrons. The Labute approximate surface area is 85.2 Å². The average molecular weight is 202 g/mol. The van der Waals surface area contributed by atoms with Crippen LogP contribution in [0.25, 0.3) is 0 Å². The van der Waals surface area contributed by atoms with E-state index in [1.807, 2.05) is 0 Å². The molecule has 0 aliphatic carbocycles. The fourth-order valence-corrected chi connectivity index (χ4v) is 2.61. The molecule has 2 atom stereocenters. The molecule has 2 aliphatic heterocycles. The molecule has 3 nitrogen and oxygen atoms in total. The first-order valence-corrected chi connectivity index (χ1v) is 5.35. The van der Waals surface area contributed by atoms with Gasteiger partial charge in [0.05, 0.1) is 12.7 Å². The van der Waals surface area contributed by atoms with Gasteiger partial charge in [0, 0.05) is 24.5 Å². The first kappa shape index (κ1) is 9.77. The highest BCUT2D eigenvalue weighted by Gasteiger charge is 2.47. The molecule has 0 aromatic carbocycles. The van der Waals surface area contributed by atoms with Crippen molar-refractivity contribution in [1.29, 1.82) is 0 Å². The summed E-state index contributed by atoms with van der Waals surface area (Å²) >= 11 is 4.34. The number of hydrogen-bond acceptors (Lipinski definition) is 4. The Morgan fingerprint density at radius 1 is 1.46 bits per heavy atom. The van der Waals surface area contributed by atoms with E-state index in [2.05, 4.69) is 24.0 Å². The summed E-state index contributed by atoms with van der Waals surface area (Å²) in [5.41, 5.74) is 6.41. The number of piperidine rings is 1. The zero-order valence-electron chi connectivity index (χ0n) is 8.07. The molecule has 2 fully saturated rings. The van der Waals surface area contributed by atoms with Gasteiger partial charge in [0.2, 0.25) is 0 Å². The minimum Gasteiger partial charge on any atom is -0.376 e. The number of nitrogens with two attached hydrogens (primary N) is 1. The third-order valence-corrected chi connectivity index (χ3v) is 3.98. The topological polar surface area (TPSA) is 38.5 Å². The quantitative estimate of drug-likeness (QED) is 0.567. The summed E-state index contributed by atoms with van der Waals surface area (Å²) in [6.07, 6.45) is 2.48. The highest BCUT2D eigenvalue weighted by molar-refractivity contribution is 7.77. The third-order valence-electron chi connectivity index (χ3n) is 3.58. The van der Waals surface area contributed by atoms with E-state index in [1.165, 1.54) is 0 Å². The lowest BCUT2D eigenvalue weighted by Crippen LogP contribution is -2.48. The summed E-state index contributed by atoms with van der Waals surface area (Å²) in [7, 11) is 0. The van der Waals surface area contributed by atoms with Gasteiger partial charge in [-0.25, -0.2) is 0 Å². The maximum absolute atomic E-state index is 6.16. The molecule has 2 saturated heterocycles. The van der Waals surface area contributed by atoms with Crippen molar-refractivity contribution >= 4 is 12.8 Å². The SMILES string of the molecule is C[C@@H]1OCC2(CCN(S)CC2)[C@@H]1N. The van der Waals surface area contributed by atoms with Gasteiger partial charge in [-0.2, -0.15) is 0 Å². The van der Waals surface area contributed by atoms with Crippen LogP contribution in [-0.4, -0.2) is 36.1 Å². The van der Waals surface area contributed by atoms with E-state index in [0.29, 0.717) is 0 Å². The summed E-state index contributed by atoms with van der Waals surface area (Å²) in [6, 6.07) is 0.217. The average Bonchev–Trinajstić information content (AvgIpc) is 2.40. The Bertz CT molecular complexity index is 192. The number of nitrogens with zero attached hydrogens (tertiary/aromatic N) is 1. The Balaban J connectivity index is 2.05. The molecule has 0 aromatic heterocycles. The van der Waals surface area contributed by atoms with Gasteiger partial charge in [-0.3, -0.25) is 4.31 Å². The monoisotopic (exact) mass is 202 g/mol. The van der Waals surface area contributed by atoms with Gasteiger partial charge in [0.1, 0.15) is 0 Å². The van der Waals surface area contributed by atoms with Crippen LogP contribution in [0.4, 0.5) is 0 Å². The largest absolute Gasteiger partial charge is 0.376 e. The molecule has 4 heteroatoms. The smallest absolute Gasteiger partial charge is 0.0704 e. The van der Waals surface area contributed by atoms with E-state index in [1.54, 1.807) is 0 Å². The molecule has 2 aliphatic rings. The van der Waals surface area contributed by atoms with Crippen molar-refractivity contribution in [1.82, 2.24) is 4.31 Å². The summed E-state index contributed by atoms with van der Waals surface area (Å²) in [6.45, 7) is 4.99. The molecule has 0 bridgehead atoms. The number of rotatable bonds is 0. The van der Waals surface area contributed by atoms with Crippen LogP contribution in [0.15, 0.2) is 0 Å². The fourth-order valence-electron chi connectivity index (χ4n) is 2.41. The van der Waals surface area contributed by atoms with Crippen molar-refractivity contribution in [2.75, 3.05) is 19.7 Å². The van der Waals surface area contributed by atoms with E-state index in [9.17, 15) is 0 Å². The van der Waals surface area contributed by atoms with Crippen molar-refractivity contribution < 1.29 is 4.74 Å². The van der Waals surface area contributed by atoms with Crippen LogP contribution in [0, 0.1) is 5.41 Å². The first-order chi connectivity index (χ1) is 6.14. The highest BCUT2D eigenvalue weighted by Crippen LogP contribution is 2.41. The molecule has 1 spiro atoms. The standard InChI is InChI=1S/C9H18N2OS/c1-7-8(10)9(6-12-7)2-4-11(13)5-3-9/h7-8,13H,2-6,10H2,1H3/t7-,8+/m0/s1. The van der Waals surface area contributed by atoms with E-state index >= 15 is 0 Å². The van der Waals surface area contributed by atoms with E-state index in [0.717, 1.165) is 32.5 Å². The molecule has 0 saturated carbocycles. The second kappa shape index (κ2) is 3.42. The number of ether oxygens (including phenoxy) is 1. The summed E-state index contributed by atoms with van der Waals surface area (Å²) in [4.78, 5) is 0. The normalized spacial score (nSPS) is 39.9. The van der Waals surface area contributed by atoms with Crippen molar-refractivity contribution in [3.05, 3.63) is 0 Å². The van der Waals surface area contributed by atoms with Crippen LogP contribution in [0.5, 0.6) is 0 Å². The molecular weight excluding hydrogens is 184 g/mol. The van der Waals surface area contributed by atoms with Crippen LogP contribution in [0.1, 0.15) is 19.8 Å². The van der Waals surface area contributed by atoms with Gasteiger partial charge >= 0.3 is 0 Å².